The van der Waals surface area contributed by atoms with Crippen molar-refractivity contribution in [3.63, 3.8) is 0 Å². The topological polar surface area (TPSA) is 103 Å². The van der Waals surface area contributed by atoms with Crippen molar-refractivity contribution in [3.05, 3.63) is 78.9 Å². The third-order valence-corrected chi connectivity index (χ3v) is 4.43. The van der Waals surface area contributed by atoms with Crippen LogP contribution in [0.15, 0.2) is 73.1 Å². The summed E-state index contributed by atoms with van der Waals surface area (Å²) in [7, 11) is 1.59. The van der Waals surface area contributed by atoms with Crippen LogP contribution in [0.4, 0.5) is 17.2 Å². The van der Waals surface area contributed by atoms with Crippen LogP contribution in [0.1, 0.15) is 5.82 Å². The van der Waals surface area contributed by atoms with Gasteiger partial charge in [-0.15, -0.1) is 0 Å². The SMILES string of the molecule is COc1ccc(OCC(=O)Nc2ccc(Nc3cc(-n4cccn4)nc(C)n3)cc2)cc1. The van der Waals surface area contributed by atoms with Crippen molar-refractivity contribution in [2.24, 2.45) is 0 Å². The van der Waals surface area contributed by atoms with Crippen LogP contribution in [0.2, 0.25) is 0 Å². The first-order valence-electron chi connectivity index (χ1n) is 9.88. The summed E-state index contributed by atoms with van der Waals surface area (Å²) in [5.74, 6) is 3.01. The van der Waals surface area contributed by atoms with Gasteiger partial charge in [-0.25, -0.2) is 14.6 Å². The molecule has 0 radical (unpaired) electrons. The van der Waals surface area contributed by atoms with Gasteiger partial charge in [0, 0.05) is 29.8 Å². The van der Waals surface area contributed by atoms with E-state index in [1.807, 2.05) is 37.4 Å². The summed E-state index contributed by atoms with van der Waals surface area (Å²) in [6, 6.07) is 18.0. The Hall–Kier alpha value is -4.40. The second-order valence-corrected chi connectivity index (χ2v) is 6.82. The van der Waals surface area contributed by atoms with Gasteiger partial charge in [-0.1, -0.05) is 0 Å². The molecular formula is C23H22N6O3. The van der Waals surface area contributed by atoms with E-state index in [1.165, 1.54) is 0 Å². The molecular weight excluding hydrogens is 408 g/mol. The first kappa shape index (κ1) is 20.9. The quantitative estimate of drug-likeness (QED) is 0.439. The molecule has 0 fully saturated rings. The number of amides is 1. The fraction of sp³-hybridized carbons (Fsp3) is 0.130. The zero-order valence-corrected chi connectivity index (χ0v) is 17.6. The van der Waals surface area contributed by atoms with Crippen molar-refractivity contribution in [2.75, 3.05) is 24.4 Å². The molecule has 2 aromatic heterocycles. The minimum Gasteiger partial charge on any atom is -0.497 e. The first-order valence-corrected chi connectivity index (χ1v) is 9.88. The van der Waals surface area contributed by atoms with Gasteiger partial charge < -0.3 is 20.1 Å². The third kappa shape index (κ3) is 5.39. The number of aromatic nitrogens is 4. The van der Waals surface area contributed by atoms with Gasteiger partial charge in [0.05, 0.1) is 7.11 Å². The third-order valence-electron chi connectivity index (χ3n) is 4.43. The second-order valence-electron chi connectivity index (χ2n) is 6.82. The highest BCUT2D eigenvalue weighted by Crippen LogP contribution is 2.20. The van der Waals surface area contributed by atoms with Gasteiger partial charge >= 0.3 is 0 Å². The van der Waals surface area contributed by atoms with Crippen LogP contribution in [0.5, 0.6) is 11.5 Å². The van der Waals surface area contributed by atoms with E-state index in [9.17, 15) is 4.79 Å². The smallest absolute Gasteiger partial charge is 0.262 e. The highest BCUT2D eigenvalue weighted by molar-refractivity contribution is 5.92. The summed E-state index contributed by atoms with van der Waals surface area (Å²) >= 11 is 0. The van der Waals surface area contributed by atoms with Crippen LogP contribution in [-0.4, -0.2) is 39.4 Å². The lowest BCUT2D eigenvalue weighted by Gasteiger charge is -2.10. The fourth-order valence-corrected chi connectivity index (χ4v) is 2.94. The van der Waals surface area contributed by atoms with Crippen molar-refractivity contribution in [3.8, 4) is 17.3 Å². The van der Waals surface area contributed by atoms with E-state index < -0.39 is 0 Å². The van der Waals surface area contributed by atoms with Crippen LogP contribution in [0.25, 0.3) is 5.82 Å². The molecule has 1 amide bonds. The number of hydrogen-bond acceptors (Lipinski definition) is 7. The number of nitrogens with one attached hydrogen (secondary N) is 2. The van der Waals surface area contributed by atoms with Crippen molar-refractivity contribution in [2.45, 2.75) is 6.92 Å². The molecule has 0 spiro atoms. The molecule has 0 saturated carbocycles. The standard InChI is InChI=1S/C23H22N6O3/c1-16-25-21(14-22(26-16)29-13-3-12-24-29)27-17-4-6-18(7-5-17)28-23(30)15-32-20-10-8-19(31-2)9-11-20/h3-14H,15H2,1-2H3,(H,28,30)(H,25,26,27). The number of carbonyl (C=O) groups is 1. The maximum Gasteiger partial charge on any atom is 0.262 e. The molecule has 0 saturated heterocycles. The number of anilines is 3. The highest BCUT2D eigenvalue weighted by atomic mass is 16.5. The second kappa shape index (κ2) is 9.61. The Bertz CT molecular complexity index is 1180. The van der Waals surface area contributed by atoms with Gasteiger partial charge in [-0.05, 0) is 61.5 Å². The van der Waals surface area contributed by atoms with Crippen molar-refractivity contribution >= 4 is 23.1 Å². The van der Waals surface area contributed by atoms with Crippen LogP contribution >= 0.6 is 0 Å². The number of nitrogens with zero attached hydrogens (tertiary/aromatic N) is 4. The van der Waals surface area contributed by atoms with Crippen LogP contribution in [0.3, 0.4) is 0 Å². The Morgan fingerprint density at radius 2 is 1.72 bits per heavy atom. The Labute approximate surface area is 185 Å². The van der Waals surface area contributed by atoms with Crippen LogP contribution in [-0.2, 0) is 4.79 Å². The maximum absolute atomic E-state index is 12.2. The van der Waals surface area contributed by atoms with E-state index in [2.05, 4.69) is 25.7 Å². The minimum absolute atomic E-state index is 0.0945. The summed E-state index contributed by atoms with van der Waals surface area (Å²) in [5, 5.41) is 10.3. The Morgan fingerprint density at radius 1 is 1.00 bits per heavy atom. The van der Waals surface area contributed by atoms with Gasteiger partial charge in [0.25, 0.3) is 5.91 Å². The van der Waals surface area contributed by atoms with Crippen molar-refractivity contribution in [1.29, 1.82) is 0 Å². The number of methoxy groups -OCH3 is 1. The fourth-order valence-electron chi connectivity index (χ4n) is 2.94. The first-order chi connectivity index (χ1) is 15.6. The highest BCUT2D eigenvalue weighted by Gasteiger charge is 2.07. The molecule has 2 aromatic carbocycles. The lowest BCUT2D eigenvalue weighted by Crippen LogP contribution is -2.20. The Morgan fingerprint density at radius 3 is 2.41 bits per heavy atom. The average molecular weight is 430 g/mol. The van der Waals surface area contributed by atoms with Crippen molar-refractivity contribution < 1.29 is 14.3 Å². The number of ether oxygens (including phenoxy) is 2. The van der Waals surface area contributed by atoms with Crippen LogP contribution < -0.4 is 20.1 Å². The average Bonchev–Trinajstić information content (AvgIpc) is 3.34. The number of rotatable bonds is 8. The van der Waals surface area contributed by atoms with E-state index in [4.69, 9.17) is 9.47 Å². The maximum atomic E-state index is 12.2. The predicted octanol–water partition coefficient (Wildman–Crippen LogP) is 3.74. The summed E-state index contributed by atoms with van der Waals surface area (Å²) in [4.78, 5) is 21.0. The molecule has 4 rings (SSSR count). The van der Waals surface area contributed by atoms with Gasteiger partial charge in [0.2, 0.25) is 0 Å². The number of hydrogen-bond donors (Lipinski definition) is 2. The van der Waals surface area contributed by atoms with Gasteiger partial charge in [-0.3, -0.25) is 4.79 Å². The summed E-state index contributed by atoms with van der Waals surface area (Å²) in [6.07, 6.45) is 3.51. The molecule has 0 aliphatic rings. The van der Waals surface area contributed by atoms with Gasteiger partial charge in [-0.2, -0.15) is 5.10 Å². The molecule has 9 heteroatoms. The van der Waals surface area contributed by atoms with E-state index in [0.29, 0.717) is 28.9 Å². The zero-order chi connectivity index (χ0) is 22.3. The van der Waals surface area contributed by atoms with Gasteiger partial charge in [0.1, 0.15) is 23.1 Å². The molecule has 0 atom stereocenters. The monoisotopic (exact) mass is 430 g/mol. The lowest BCUT2D eigenvalue weighted by molar-refractivity contribution is -0.118. The number of carbonyl (C=O) groups excluding carboxylic acids is 1. The van der Waals surface area contributed by atoms with Crippen LogP contribution in [0, 0.1) is 6.92 Å². The van der Waals surface area contributed by atoms with Crippen molar-refractivity contribution in [1.82, 2.24) is 19.7 Å². The predicted molar refractivity (Wildman–Crippen MR) is 121 cm³/mol. The Kier molecular flexibility index (Phi) is 6.26. The molecule has 32 heavy (non-hydrogen) atoms. The number of benzene rings is 2. The summed E-state index contributed by atoms with van der Waals surface area (Å²) in [6.45, 7) is 1.73. The largest absolute Gasteiger partial charge is 0.497 e. The summed E-state index contributed by atoms with van der Waals surface area (Å²) in [5.41, 5.74) is 1.48. The molecule has 0 bridgehead atoms. The molecule has 0 aliphatic carbocycles. The normalized spacial score (nSPS) is 10.4. The molecule has 2 heterocycles. The lowest BCUT2D eigenvalue weighted by atomic mass is 10.2. The van der Waals surface area contributed by atoms with Gasteiger partial charge in [0.15, 0.2) is 12.4 Å². The molecule has 0 aliphatic heterocycles. The van der Waals surface area contributed by atoms with E-state index >= 15 is 0 Å². The van der Waals surface area contributed by atoms with E-state index in [1.54, 1.807) is 54.4 Å². The van der Waals surface area contributed by atoms with E-state index in [0.717, 1.165) is 11.4 Å². The molecule has 2 N–H and O–H groups in total. The zero-order valence-electron chi connectivity index (χ0n) is 17.6. The molecule has 9 nitrogen and oxygen atoms in total. The Balaban J connectivity index is 1.33. The number of aryl methyl sites for hydroxylation is 1. The molecule has 0 unspecified atom stereocenters. The summed E-state index contributed by atoms with van der Waals surface area (Å²) < 4.78 is 12.3. The molecule has 162 valence electrons. The minimum atomic E-state index is -0.253. The van der Waals surface area contributed by atoms with E-state index in [-0.39, 0.29) is 12.5 Å². The molecule has 4 aromatic rings.